The van der Waals surface area contributed by atoms with Crippen LogP contribution >= 0.6 is 11.6 Å². The molecule has 0 unspecified atom stereocenters. The fraction of sp³-hybridized carbons (Fsp3) is 0.0714. The number of nitrogens with zero attached hydrogens (tertiary/aromatic N) is 3. The number of nitriles is 3. The van der Waals surface area contributed by atoms with Crippen molar-refractivity contribution in [3.05, 3.63) is 39.6 Å². The van der Waals surface area contributed by atoms with Crippen LogP contribution in [0.5, 0.6) is 11.5 Å². The summed E-state index contributed by atoms with van der Waals surface area (Å²) in [7, 11) is 0. The van der Waals surface area contributed by atoms with Gasteiger partial charge < -0.3 is 15.2 Å². The van der Waals surface area contributed by atoms with E-state index in [0.717, 1.165) is 0 Å². The van der Waals surface area contributed by atoms with Gasteiger partial charge in [0.25, 0.3) is 0 Å². The summed E-state index contributed by atoms with van der Waals surface area (Å²) in [4.78, 5) is 0. The maximum atomic E-state index is 9.13. The Morgan fingerprint density at radius 1 is 1.14 bits per heavy atom. The summed E-state index contributed by atoms with van der Waals surface area (Å²) in [5, 5.41) is 27.0. The SMILES string of the molecule is N#CC(C#N)=C(N)/C(C#N)=C/c1cc2c(cc1Cl)OCO2. The summed E-state index contributed by atoms with van der Waals surface area (Å²) in [6.07, 6.45) is 1.38. The van der Waals surface area contributed by atoms with Gasteiger partial charge in [0.1, 0.15) is 18.2 Å². The molecule has 1 aromatic rings. The Morgan fingerprint density at radius 3 is 2.33 bits per heavy atom. The van der Waals surface area contributed by atoms with Gasteiger partial charge >= 0.3 is 0 Å². The number of fused-ring (bicyclic) bond motifs is 1. The first-order valence-electron chi connectivity index (χ1n) is 5.62. The molecule has 2 N–H and O–H groups in total. The van der Waals surface area contributed by atoms with Crippen molar-refractivity contribution in [1.29, 1.82) is 15.8 Å². The highest BCUT2D eigenvalue weighted by Gasteiger charge is 2.17. The van der Waals surface area contributed by atoms with E-state index in [4.69, 9.17) is 42.6 Å². The lowest BCUT2D eigenvalue weighted by atomic mass is 10.1. The lowest BCUT2D eigenvalue weighted by Gasteiger charge is -2.04. The standard InChI is InChI=1S/C14H7ClN4O2/c15-11-3-13-12(20-7-21-13)2-8(11)1-9(4-16)14(19)10(5-17)6-18/h1-3H,7,19H2/b9-1+. The van der Waals surface area contributed by atoms with Crippen LogP contribution in [-0.2, 0) is 0 Å². The van der Waals surface area contributed by atoms with Gasteiger partial charge in [0.2, 0.25) is 6.79 Å². The Morgan fingerprint density at radius 2 is 1.76 bits per heavy atom. The van der Waals surface area contributed by atoms with E-state index in [2.05, 4.69) is 0 Å². The molecule has 0 atom stereocenters. The van der Waals surface area contributed by atoms with Crippen LogP contribution in [0.2, 0.25) is 5.02 Å². The fourth-order valence-corrected chi connectivity index (χ4v) is 1.86. The maximum Gasteiger partial charge on any atom is 0.231 e. The van der Waals surface area contributed by atoms with Crippen LogP contribution in [0.1, 0.15) is 5.56 Å². The average Bonchev–Trinajstić information content (AvgIpc) is 2.92. The Hall–Kier alpha value is -3.14. The Labute approximate surface area is 125 Å². The number of rotatable bonds is 2. The number of allylic oxidation sites excluding steroid dienone is 2. The highest BCUT2D eigenvalue weighted by Crippen LogP contribution is 2.37. The molecule has 7 heteroatoms. The van der Waals surface area contributed by atoms with Crippen LogP contribution in [0, 0.1) is 34.0 Å². The summed E-state index contributed by atoms with van der Waals surface area (Å²) in [6, 6.07) is 8.25. The summed E-state index contributed by atoms with van der Waals surface area (Å²) in [6.45, 7) is 0.0962. The minimum Gasteiger partial charge on any atom is -0.454 e. The van der Waals surface area contributed by atoms with Crippen molar-refractivity contribution in [2.75, 3.05) is 6.79 Å². The largest absolute Gasteiger partial charge is 0.454 e. The molecular formula is C14H7ClN4O2. The van der Waals surface area contributed by atoms with Crippen molar-refractivity contribution >= 4 is 17.7 Å². The van der Waals surface area contributed by atoms with Crippen LogP contribution in [0.15, 0.2) is 29.0 Å². The van der Waals surface area contributed by atoms with E-state index in [9.17, 15) is 0 Å². The summed E-state index contributed by atoms with van der Waals surface area (Å²) in [5.41, 5.74) is 5.55. The van der Waals surface area contributed by atoms with Crippen molar-refractivity contribution in [1.82, 2.24) is 0 Å². The Balaban J connectivity index is 2.53. The van der Waals surface area contributed by atoms with E-state index in [-0.39, 0.29) is 23.6 Å². The minimum atomic E-state index is -0.334. The second-order valence-electron chi connectivity index (χ2n) is 3.91. The van der Waals surface area contributed by atoms with E-state index < -0.39 is 0 Å². The molecule has 21 heavy (non-hydrogen) atoms. The first-order valence-corrected chi connectivity index (χ1v) is 5.99. The van der Waals surface area contributed by atoms with Gasteiger partial charge in [-0.1, -0.05) is 11.6 Å². The van der Waals surface area contributed by atoms with Gasteiger partial charge in [-0.2, -0.15) is 15.8 Å². The Bertz CT molecular complexity index is 775. The van der Waals surface area contributed by atoms with Gasteiger partial charge in [0, 0.05) is 6.07 Å². The molecule has 0 bridgehead atoms. The monoisotopic (exact) mass is 298 g/mol. The first-order chi connectivity index (χ1) is 10.1. The van der Waals surface area contributed by atoms with Crippen molar-refractivity contribution in [2.45, 2.75) is 0 Å². The molecular weight excluding hydrogens is 292 g/mol. The van der Waals surface area contributed by atoms with Crippen molar-refractivity contribution in [3.63, 3.8) is 0 Å². The lowest BCUT2D eigenvalue weighted by Crippen LogP contribution is -2.03. The van der Waals surface area contributed by atoms with E-state index in [1.807, 2.05) is 6.07 Å². The van der Waals surface area contributed by atoms with Gasteiger partial charge in [-0.05, 0) is 17.7 Å². The third-order valence-corrected chi connectivity index (χ3v) is 3.02. The van der Waals surface area contributed by atoms with Gasteiger partial charge in [-0.15, -0.1) is 0 Å². The van der Waals surface area contributed by atoms with Crippen molar-refractivity contribution in [3.8, 4) is 29.7 Å². The van der Waals surface area contributed by atoms with Crippen LogP contribution in [0.25, 0.3) is 6.08 Å². The van der Waals surface area contributed by atoms with E-state index >= 15 is 0 Å². The second kappa shape index (κ2) is 5.88. The molecule has 0 saturated heterocycles. The van der Waals surface area contributed by atoms with Gasteiger partial charge in [-0.3, -0.25) is 0 Å². The van der Waals surface area contributed by atoms with Crippen LogP contribution in [0.3, 0.4) is 0 Å². The zero-order valence-corrected chi connectivity index (χ0v) is 11.3. The smallest absolute Gasteiger partial charge is 0.231 e. The quantitative estimate of drug-likeness (QED) is 0.661. The number of hydrogen-bond donors (Lipinski definition) is 1. The molecule has 1 aromatic carbocycles. The number of ether oxygens (including phenoxy) is 2. The molecule has 0 spiro atoms. The van der Waals surface area contributed by atoms with Crippen LogP contribution in [-0.4, -0.2) is 6.79 Å². The van der Waals surface area contributed by atoms with Crippen molar-refractivity contribution in [2.24, 2.45) is 5.73 Å². The third-order valence-electron chi connectivity index (χ3n) is 2.70. The van der Waals surface area contributed by atoms with Gasteiger partial charge in [0.05, 0.1) is 16.3 Å². The molecule has 0 aromatic heterocycles. The molecule has 0 aliphatic carbocycles. The van der Waals surface area contributed by atoms with Gasteiger partial charge in [0.15, 0.2) is 17.1 Å². The maximum absolute atomic E-state index is 9.13. The highest BCUT2D eigenvalue weighted by atomic mass is 35.5. The second-order valence-corrected chi connectivity index (χ2v) is 4.32. The molecule has 1 aliphatic rings. The topological polar surface area (TPSA) is 116 Å². The van der Waals surface area contributed by atoms with E-state index in [1.165, 1.54) is 6.08 Å². The number of hydrogen-bond acceptors (Lipinski definition) is 6. The molecule has 2 rings (SSSR count). The van der Waals surface area contributed by atoms with E-state index in [1.54, 1.807) is 24.3 Å². The predicted molar refractivity (Wildman–Crippen MR) is 73.6 cm³/mol. The van der Waals surface area contributed by atoms with Crippen LogP contribution < -0.4 is 15.2 Å². The first kappa shape index (κ1) is 14.3. The summed E-state index contributed by atoms with van der Waals surface area (Å²) >= 11 is 6.08. The number of benzene rings is 1. The lowest BCUT2D eigenvalue weighted by molar-refractivity contribution is 0.174. The molecule has 1 aliphatic heterocycles. The highest BCUT2D eigenvalue weighted by molar-refractivity contribution is 6.32. The number of halogens is 1. The van der Waals surface area contributed by atoms with E-state index in [0.29, 0.717) is 22.1 Å². The fourth-order valence-electron chi connectivity index (χ4n) is 1.65. The van der Waals surface area contributed by atoms with Crippen LogP contribution in [0.4, 0.5) is 0 Å². The molecule has 102 valence electrons. The zero-order valence-electron chi connectivity index (χ0n) is 10.6. The minimum absolute atomic E-state index is 0.0335. The summed E-state index contributed by atoms with van der Waals surface area (Å²) in [5.74, 6) is 1.00. The predicted octanol–water partition coefficient (Wildman–Crippen LogP) is 2.24. The zero-order chi connectivity index (χ0) is 15.4. The Kier molecular flexibility index (Phi) is 4.00. The summed E-state index contributed by atoms with van der Waals surface area (Å²) < 4.78 is 10.4. The molecule has 1 heterocycles. The molecule has 0 radical (unpaired) electrons. The molecule has 6 nitrogen and oxygen atoms in total. The van der Waals surface area contributed by atoms with Crippen molar-refractivity contribution < 1.29 is 9.47 Å². The third kappa shape index (κ3) is 2.74. The molecule has 0 amide bonds. The molecule has 0 saturated carbocycles. The van der Waals surface area contributed by atoms with Gasteiger partial charge in [-0.25, -0.2) is 0 Å². The number of nitrogens with two attached hydrogens (primary N) is 1. The normalized spacial score (nSPS) is 12.0. The molecule has 0 fully saturated rings. The average molecular weight is 299 g/mol.